The monoisotopic (exact) mass is 877 g/mol. The fourth-order valence-corrected chi connectivity index (χ4v) is 8.57. The van der Waals surface area contributed by atoms with Crippen molar-refractivity contribution < 1.29 is 28.6 Å². The molecule has 368 valence electrons. The highest BCUT2D eigenvalue weighted by Gasteiger charge is 2.19. The highest BCUT2D eigenvalue weighted by atomic mass is 16.6. The van der Waals surface area contributed by atoms with Gasteiger partial charge in [-0.15, -0.1) is 0 Å². The first-order chi connectivity index (χ1) is 30.4. The van der Waals surface area contributed by atoms with Gasteiger partial charge in [-0.05, 0) is 25.2 Å². The second kappa shape index (κ2) is 50.4. The zero-order valence-corrected chi connectivity index (χ0v) is 42.3. The molecular formula is C56H108O6. The Bertz CT molecular complexity index is 933. The maximum Gasteiger partial charge on any atom is 0.306 e. The maximum absolute atomic E-state index is 12.8. The van der Waals surface area contributed by atoms with Gasteiger partial charge in [0.15, 0.2) is 6.10 Å². The molecule has 0 aromatic rings. The van der Waals surface area contributed by atoms with Crippen molar-refractivity contribution in [1.82, 2.24) is 0 Å². The molecule has 62 heavy (non-hydrogen) atoms. The van der Waals surface area contributed by atoms with Gasteiger partial charge in [-0.3, -0.25) is 14.4 Å². The second-order valence-corrected chi connectivity index (χ2v) is 19.7. The summed E-state index contributed by atoms with van der Waals surface area (Å²) in [5.41, 5.74) is 0. The van der Waals surface area contributed by atoms with E-state index < -0.39 is 6.10 Å². The first kappa shape index (κ1) is 60.4. The third kappa shape index (κ3) is 49.4. The first-order valence-electron chi connectivity index (χ1n) is 27.9. The lowest BCUT2D eigenvalue weighted by molar-refractivity contribution is -0.167. The van der Waals surface area contributed by atoms with Crippen LogP contribution in [0.25, 0.3) is 0 Å². The number of rotatable bonds is 51. The molecule has 0 amide bonds. The van der Waals surface area contributed by atoms with Crippen molar-refractivity contribution in [2.45, 2.75) is 323 Å². The Balaban J connectivity index is 4.29. The third-order valence-corrected chi connectivity index (χ3v) is 12.8. The van der Waals surface area contributed by atoms with E-state index in [1.807, 2.05) is 0 Å². The minimum atomic E-state index is -0.761. The molecular weight excluding hydrogens is 769 g/mol. The molecule has 0 aromatic heterocycles. The predicted octanol–water partition coefficient (Wildman–Crippen LogP) is 18.2. The molecule has 0 aromatic carbocycles. The Morgan fingerprint density at radius 1 is 0.306 bits per heavy atom. The molecule has 0 heterocycles. The van der Waals surface area contributed by atoms with Crippen molar-refractivity contribution >= 4 is 17.9 Å². The van der Waals surface area contributed by atoms with Gasteiger partial charge in [0.1, 0.15) is 13.2 Å². The van der Waals surface area contributed by atoms with Crippen molar-refractivity contribution in [1.29, 1.82) is 0 Å². The standard InChI is InChI=1S/C56H108O6/c1-5-7-9-11-13-15-17-19-21-23-25-27-31-35-39-43-47-54(57)60-50-53(51-61-55(58)48-44-40-36-33-29-30-34-38-42-46-52(3)4)62-56(59)49-45-41-37-32-28-26-24-22-20-18-16-14-12-10-8-6-2/h52-53H,5-51H2,1-4H3/t53-/m0/s1. The van der Waals surface area contributed by atoms with Crippen molar-refractivity contribution in [3.63, 3.8) is 0 Å². The molecule has 0 saturated heterocycles. The molecule has 0 rings (SSSR count). The fourth-order valence-electron chi connectivity index (χ4n) is 8.57. The van der Waals surface area contributed by atoms with Crippen LogP contribution in [-0.2, 0) is 28.6 Å². The molecule has 0 N–H and O–H groups in total. The second-order valence-electron chi connectivity index (χ2n) is 19.7. The van der Waals surface area contributed by atoms with Crippen LogP contribution in [0.5, 0.6) is 0 Å². The Morgan fingerprint density at radius 2 is 0.532 bits per heavy atom. The van der Waals surface area contributed by atoms with Crippen LogP contribution in [0.2, 0.25) is 0 Å². The number of ether oxygens (including phenoxy) is 3. The van der Waals surface area contributed by atoms with E-state index in [2.05, 4.69) is 27.7 Å². The minimum absolute atomic E-state index is 0.0624. The molecule has 0 unspecified atom stereocenters. The summed E-state index contributed by atoms with van der Waals surface area (Å²) in [5, 5.41) is 0. The zero-order chi connectivity index (χ0) is 45.2. The average Bonchev–Trinajstić information content (AvgIpc) is 3.26. The SMILES string of the molecule is CCCCCCCCCCCCCCCCCCC(=O)OC[C@@H](COC(=O)CCCCCCCCCCCC(C)C)OC(=O)CCCCCCCCCCCCCCCCCC. The van der Waals surface area contributed by atoms with E-state index >= 15 is 0 Å². The summed E-state index contributed by atoms with van der Waals surface area (Å²) in [4.78, 5) is 38.0. The van der Waals surface area contributed by atoms with Crippen molar-refractivity contribution in [2.75, 3.05) is 13.2 Å². The van der Waals surface area contributed by atoms with Crippen LogP contribution in [0.4, 0.5) is 0 Å². The Morgan fingerprint density at radius 3 is 0.790 bits per heavy atom. The molecule has 0 spiro atoms. The number of esters is 3. The average molecular weight is 877 g/mol. The molecule has 0 aliphatic rings. The van der Waals surface area contributed by atoms with Gasteiger partial charge in [-0.1, -0.05) is 278 Å². The molecule has 0 aliphatic carbocycles. The predicted molar refractivity (Wildman–Crippen MR) is 266 cm³/mol. The lowest BCUT2D eigenvalue weighted by atomic mass is 10.0. The zero-order valence-electron chi connectivity index (χ0n) is 42.3. The van der Waals surface area contributed by atoms with Crippen LogP contribution in [0.1, 0.15) is 317 Å². The molecule has 6 heteroatoms. The minimum Gasteiger partial charge on any atom is -0.462 e. The van der Waals surface area contributed by atoms with Gasteiger partial charge in [0, 0.05) is 19.3 Å². The third-order valence-electron chi connectivity index (χ3n) is 12.8. The van der Waals surface area contributed by atoms with E-state index in [4.69, 9.17) is 14.2 Å². The van der Waals surface area contributed by atoms with Gasteiger partial charge in [0.2, 0.25) is 0 Å². The molecule has 0 bridgehead atoms. The van der Waals surface area contributed by atoms with Crippen LogP contribution in [0.15, 0.2) is 0 Å². The first-order valence-corrected chi connectivity index (χ1v) is 27.9. The maximum atomic E-state index is 12.8. The highest BCUT2D eigenvalue weighted by molar-refractivity contribution is 5.71. The quantitative estimate of drug-likeness (QED) is 0.0344. The van der Waals surface area contributed by atoms with Crippen LogP contribution in [-0.4, -0.2) is 37.2 Å². The summed E-state index contributed by atoms with van der Waals surface area (Å²) < 4.78 is 16.9. The van der Waals surface area contributed by atoms with Crippen LogP contribution >= 0.6 is 0 Å². The summed E-state index contributed by atoms with van der Waals surface area (Å²) in [6.07, 6.45) is 53.8. The van der Waals surface area contributed by atoms with E-state index in [-0.39, 0.29) is 31.1 Å². The molecule has 0 aliphatic heterocycles. The number of unbranched alkanes of at least 4 members (excludes halogenated alkanes) is 38. The van der Waals surface area contributed by atoms with Crippen LogP contribution in [0, 0.1) is 5.92 Å². The van der Waals surface area contributed by atoms with Gasteiger partial charge in [-0.25, -0.2) is 0 Å². The lowest BCUT2D eigenvalue weighted by Gasteiger charge is -2.18. The number of carbonyl (C=O) groups excluding carboxylic acids is 3. The Hall–Kier alpha value is -1.59. The molecule has 0 saturated carbocycles. The summed E-state index contributed by atoms with van der Waals surface area (Å²) in [6, 6.07) is 0. The molecule has 0 radical (unpaired) electrons. The van der Waals surface area contributed by atoms with E-state index in [0.29, 0.717) is 19.3 Å². The highest BCUT2D eigenvalue weighted by Crippen LogP contribution is 2.18. The largest absolute Gasteiger partial charge is 0.462 e. The van der Waals surface area contributed by atoms with E-state index in [0.717, 1.165) is 63.7 Å². The Kier molecular flexibility index (Phi) is 49.1. The smallest absolute Gasteiger partial charge is 0.306 e. The summed E-state index contributed by atoms with van der Waals surface area (Å²) >= 11 is 0. The number of carbonyl (C=O) groups is 3. The van der Waals surface area contributed by atoms with Gasteiger partial charge in [-0.2, -0.15) is 0 Å². The van der Waals surface area contributed by atoms with Crippen molar-refractivity contribution in [2.24, 2.45) is 5.92 Å². The summed E-state index contributed by atoms with van der Waals surface area (Å²) in [5.74, 6) is -0.0309. The topological polar surface area (TPSA) is 78.9 Å². The van der Waals surface area contributed by atoms with Crippen LogP contribution < -0.4 is 0 Å². The molecule has 6 nitrogen and oxygen atoms in total. The molecule has 0 fully saturated rings. The normalized spacial score (nSPS) is 12.0. The number of hydrogen-bond donors (Lipinski definition) is 0. The van der Waals surface area contributed by atoms with E-state index in [1.165, 1.54) is 212 Å². The van der Waals surface area contributed by atoms with Crippen molar-refractivity contribution in [3.8, 4) is 0 Å². The number of hydrogen-bond acceptors (Lipinski definition) is 6. The van der Waals surface area contributed by atoms with Gasteiger partial charge < -0.3 is 14.2 Å². The molecule has 1 atom stereocenters. The lowest BCUT2D eigenvalue weighted by Crippen LogP contribution is -2.30. The Labute approximate surface area is 387 Å². The van der Waals surface area contributed by atoms with Crippen LogP contribution in [0.3, 0.4) is 0 Å². The van der Waals surface area contributed by atoms with E-state index in [9.17, 15) is 14.4 Å². The summed E-state index contributed by atoms with van der Waals surface area (Å²) in [7, 11) is 0. The fraction of sp³-hybridized carbons (Fsp3) is 0.946. The van der Waals surface area contributed by atoms with Gasteiger partial charge in [0.25, 0.3) is 0 Å². The summed E-state index contributed by atoms with van der Waals surface area (Å²) in [6.45, 7) is 9.03. The van der Waals surface area contributed by atoms with Gasteiger partial charge >= 0.3 is 17.9 Å². The van der Waals surface area contributed by atoms with Gasteiger partial charge in [0.05, 0.1) is 0 Å². The van der Waals surface area contributed by atoms with Crippen molar-refractivity contribution in [3.05, 3.63) is 0 Å². The van der Waals surface area contributed by atoms with E-state index in [1.54, 1.807) is 0 Å².